The molecule has 1 atom stereocenters. The third-order valence-electron chi connectivity index (χ3n) is 6.56. The number of aromatic nitrogens is 2. The summed E-state index contributed by atoms with van der Waals surface area (Å²) >= 11 is 0. The molecule has 0 fully saturated rings. The monoisotopic (exact) mass is 562 g/mol. The van der Waals surface area contributed by atoms with Crippen molar-refractivity contribution in [3.63, 3.8) is 0 Å². The highest BCUT2D eigenvalue weighted by molar-refractivity contribution is 5.82. The van der Waals surface area contributed by atoms with Crippen LogP contribution in [0.4, 0.5) is 4.79 Å². The van der Waals surface area contributed by atoms with Crippen LogP contribution >= 0.6 is 0 Å². The standard InChI is InChI=1S/C31H38N4O6/c1-20(2)40-28(37)25(33-30(39)41-31(3,4)5)17-21-11-13-23(14-12-21)35-27(36)24-15-16-34(19-26(24)32-29(35)38)18-22-9-7-6-8-10-22/h6-14,20,25H,15-19H2,1-5H3,(H,32,38)(H,33,39). The smallest absolute Gasteiger partial charge is 0.408 e. The number of hydrogen-bond donors (Lipinski definition) is 2. The average molecular weight is 563 g/mol. The maximum Gasteiger partial charge on any atom is 0.408 e. The zero-order valence-electron chi connectivity index (χ0n) is 24.2. The van der Waals surface area contributed by atoms with Crippen LogP contribution in [0.5, 0.6) is 0 Å². The summed E-state index contributed by atoms with van der Waals surface area (Å²) in [7, 11) is 0. The van der Waals surface area contributed by atoms with Crippen LogP contribution in [0.3, 0.4) is 0 Å². The summed E-state index contributed by atoms with van der Waals surface area (Å²) in [6, 6.07) is 15.8. The quantitative estimate of drug-likeness (QED) is 0.403. The molecule has 0 spiro atoms. The van der Waals surface area contributed by atoms with Gasteiger partial charge < -0.3 is 19.8 Å². The number of carbonyl (C=O) groups is 2. The van der Waals surface area contributed by atoms with Crippen LogP contribution in [-0.2, 0) is 40.2 Å². The van der Waals surface area contributed by atoms with Gasteiger partial charge in [0, 0.05) is 37.3 Å². The Labute approximate surface area is 239 Å². The third kappa shape index (κ3) is 7.94. The largest absolute Gasteiger partial charge is 0.461 e. The Balaban J connectivity index is 1.51. The first-order chi connectivity index (χ1) is 19.4. The first kappa shape index (κ1) is 29.8. The third-order valence-corrected chi connectivity index (χ3v) is 6.56. The number of nitrogens with one attached hydrogen (secondary N) is 2. The molecule has 10 nitrogen and oxygen atoms in total. The molecule has 2 aromatic carbocycles. The van der Waals surface area contributed by atoms with E-state index in [9.17, 15) is 19.2 Å². The van der Waals surface area contributed by atoms with Crippen molar-refractivity contribution < 1.29 is 19.1 Å². The average Bonchev–Trinajstić information content (AvgIpc) is 2.88. The van der Waals surface area contributed by atoms with Gasteiger partial charge >= 0.3 is 17.8 Å². The summed E-state index contributed by atoms with van der Waals surface area (Å²) in [4.78, 5) is 56.6. The number of carbonyl (C=O) groups excluding carboxylic acids is 2. The van der Waals surface area contributed by atoms with E-state index < -0.39 is 29.4 Å². The van der Waals surface area contributed by atoms with Gasteiger partial charge in [-0.15, -0.1) is 0 Å². The Bertz CT molecular complexity index is 1490. The normalized spacial score (nSPS) is 14.3. The lowest BCUT2D eigenvalue weighted by atomic mass is 10.0. The van der Waals surface area contributed by atoms with Gasteiger partial charge in [0.05, 0.1) is 11.8 Å². The molecule has 0 radical (unpaired) electrons. The molecule has 1 unspecified atom stereocenters. The van der Waals surface area contributed by atoms with Gasteiger partial charge in [-0.2, -0.15) is 0 Å². The minimum Gasteiger partial charge on any atom is -0.461 e. The van der Waals surface area contributed by atoms with E-state index in [-0.39, 0.29) is 18.1 Å². The van der Waals surface area contributed by atoms with Crippen LogP contribution in [-0.4, -0.2) is 50.8 Å². The highest BCUT2D eigenvalue weighted by atomic mass is 16.6. The Kier molecular flexibility index (Phi) is 9.12. The number of H-pyrrole nitrogens is 1. The summed E-state index contributed by atoms with van der Waals surface area (Å²) in [5.74, 6) is -0.585. The SMILES string of the molecule is CC(C)OC(=O)C(Cc1ccc(-n2c(=O)[nH]c3c(c2=O)CCN(Cc2ccccc2)C3)cc1)NC(=O)OC(C)(C)C. The molecular formula is C31H38N4O6. The highest BCUT2D eigenvalue weighted by Gasteiger charge is 2.27. The molecular weight excluding hydrogens is 524 g/mol. The van der Waals surface area contributed by atoms with E-state index in [1.807, 2.05) is 18.2 Å². The lowest BCUT2D eigenvalue weighted by molar-refractivity contribution is -0.149. The van der Waals surface area contributed by atoms with E-state index in [1.54, 1.807) is 58.9 Å². The fourth-order valence-corrected chi connectivity index (χ4v) is 4.77. The molecule has 0 bridgehead atoms. The summed E-state index contributed by atoms with van der Waals surface area (Å²) < 4.78 is 11.8. The fraction of sp³-hybridized carbons (Fsp3) is 0.419. The predicted molar refractivity (Wildman–Crippen MR) is 155 cm³/mol. The fourth-order valence-electron chi connectivity index (χ4n) is 4.77. The Morgan fingerprint density at radius 1 is 1.00 bits per heavy atom. The van der Waals surface area contributed by atoms with Gasteiger partial charge in [0.2, 0.25) is 0 Å². The van der Waals surface area contributed by atoms with Gasteiger partial charge in [-0.1, -0.05) is 42.5 Å². The Morgan fingerprint density at radius 2 is 1.68 bits per heavy atom. The minimum absolute atomic E-state index is 0.137. The summed E-state index contributed by atoms with van der Waals surface area (Å²) in [5.41, 5.74) is 1.98. The summed E-state index contributed by atoms with van der Waals surface area (Å²) in [6.07, 6.45) is -0.418. The zero-order valence-corrected chi connectivity index (χ0v) is 24.2. The maximum absolute atomic E-state index is 13.4. The van der Waals surface area contributed by atoms with Gasteiger partial charge in [0.1, 0.15) is 11.6 Å². The van der Waals surface area contributed by atoms with Crippen LogP contribution in [0, 0.1) is 0 Å². The Hall–Kier alpha value is -4.18. The molecule has 4 rings (SSSR count). The summed E-state index contributed by atoms with van der Waals surface area (Å²) in [5, 5.41) is 2.59. The molecule has 1 aromatic heterocycles. The van der Waals surface area contributed by atoms with Gasteiger partial charge in [-0.05, 0) is 64.3 Å². The van der Waals surface area contributed by atoms with Crippen LogP contribution < -0.4 is 16.6 Å². The van der Waals surface area contributed by atoms with E-state index in [0.29, 0.717) is 42.0 Å². The first-order valence-corrected chi connectivity index (χ1v) is 13.8. The molecule has 2 N–H and O–H groups in total. The van der Waals surface area contributed by atoms with E-state index in [2.05, 4.69) is 27.3 Å². The molecule has 10 heteroatoms. The number of aromatic amines is 1. The molecule has 1 amide bonds. The molecule has 1 aliphatic rings. The molecule has 1 aliphatic heterocycles. The number of amides is 1. The second kappa shape index (κ2) is 12.6. The van der Waals surface area contributed by atoms with Crippen LogP contribution in [0.15, 0.2) is 64.2 Å². The lowest BCUT2D eigenvalue weighted by Crippen LogP contribution is -2.46. The van der Waals surface area contributed by atoms with Crippen LogP contribution in [0.25, 0.3) is 5.69 Å². The van der Waals surface area contributed by atoms with E-state index in [1.165, 1.54) is 5.56 Å². The van der Waals surface area contributed by atoms with Crippen molar-refractivity contribution in [2.45, 2.75) is 78.3 Å². The zero-order chi connectivity index (χ0) is 29.7. The molecule has 41 heavy (non-hydrogen) atoms. The number of hydrogen-bond acceptors (Lipinski definition) is 7. The van der Waals surface area contributed by atoms with E-state index >= 15 is 0 Å². The molecule has 0 saturated carbocycles. The van der Waals surface area contributed by atoms with Crippen LogP contribution in [0.1, 0.15) is 57.0 Å². The maximum atomic E-state index is 13.4. The van der Waals surface area contributed by atoms with Crippen molar-refractivity contribution in [3.8, 4) is 5.69 Å². The second-order valence-corrected chi connectivity index (χ2v) is 11.5. The van der Waals surface area contributed by atoms with Gasteiger partial charge in [0.15, 0.2) is 0 Å². The van der Waals surface area contributed by atoms with E-state index in [0.717, 1.165) is 11.1 Å². The number of ether oxygens (including phenoxy) is 2. The number of fused-ring (bicyclic) bond motifs is 1. The second-order valence-electron chi connectivity index (χ2n) is 11.5. The number of nitrogens with zero attached hydrogens (tertiary/aromatic N) is 2. The lowest BCUT2D eigenvalue weighted by Gasteiger charge is -2.28. The molecule has 3 aromatic rings. The van der Waals surface area contributed by atoms with Crippen molar-refractivity contribution >= 4 is 12.1 Å². The Morgan fingerprint density at radius 3 is 2.32 bits per heavy atom. The number of esters is 1. The van der Waals surface area contributed by atoms with Crippen molar-refractivity contribution in [1.29, 1.82) is 0 Å². The van der Waals surface area contributed by atoms with Crippen LogP contribution in [0.2, 0.25) is 0 Å². The van der Waals surface area contributed by atoms with Crippen molar-refractivity contribution in [1.82, 2.24) is 19.8 Å². The molecule has 218 valence electrons. The first-order valence-electron chi connectivity index (χ1n) is 13.8. The van der Waals surface area contributed by atoms with Gasteiger partial charge in [0.25, 0.3) is 5.56 Å². The van der Waals surface area contributed by atoms with Crippen molar-refractivity contribution in [2.75, 3.05) is 6.54 Å². The highest BCUT2D eigenvalue weighted by Crippen LogP contribution is 2.17. The van der Waals surface area contributed by atoms with E-state index in [4.69, 9.17) is 9.47 Å². The molecule has 2 heterocycles. The van der Waals surface area contributed by atoms with Crippen molar-refractivity contribution in [2.24, 2.45) is 0 Å². The predicted octanol–water partition coefficient (Wildman–Crippen LogP) is 3.47. The van der Waals surface area contributed by atoms with Crippen molar-refractivity contribution in [3.05, 3.63) is 97.8 Å². The van der Waals surface area contributed by atoms with Gasteiger partial charge in [-0.3, -0.25) is 9.69 Å². The minimum atomic E-state index is -0.980. The topological polar surface area (TPSA) is 123 Å². The molecule has 0 aliphatic carbocycles. The molecule has 0 saturated heterocycles. The number of benzene rings is 2. The van der Waals surface area contributed by atoms with Gasteiger partial charge in [-0.25, -0.2) is 19.0 Å². The number of rotatable bonds is 8. The number of alkyl carbamates (subject to hydrolysis) is 1. The summed E-state index contributed by atoms with van der Waals surface area (Å²) in [6.45, 7) is 10.6.